The summed E-state index contributed by atoms with van der Waals surface area (Å²) in [6.45, 7) is 9.15. The normalized spacial score (nSPS) is 12.4. The molecular weight excluding hydrogens is 408 g/mol. The van der Waals surface area contributed by atoms with E-state index in [0.717, 1.165) is 29.5 Å². The summed E-state index contributed by atoms with van der Waals surface area (Å²) in [6.07, 6.45) is 3.77. The minimum absolute atomic E-state index is 0.0128. The van der Waals surface area contributed by atoms with Gasteiger partial charge in [0.2, 0.25) is 0 Å². The first kappa shape index (κ1) is 25.2. The molecule has 0 aliphatic heterocycles. The number of hydrogen-bond acceptors (Lipinski definition) is 4. The summed E-state index contributed by atoms with van der Waals surface area (Å²) in [5.74, 6) is -1.07. The Hall–Kier alpha value is -3.09. The third-order valence-corrected chi connectivity index (χ3v) is 4.98. The minimum Gasteiger partial charge on any atom is -0.480 e. The number of carbonyl (C=O) groups is 2. The molecule has 2 rings (SSSR count). The number of unbranched alkanes of at least 4 members (excludes halogenated alkanes) is 1. The summed E-state index contributed by atoms with van der Waals surface area (Å²) in [7, 11) is 0. The van der Waals surface area contributed by atoms with Crippen LogP contribution in [0.25, 0.3) is 11.1 Å². The third kappa shape index (κ3) is 7.87. The standard InChI is InChI=1S/C25H34N2O5/c1-17(2)27-16-20(14-15-22(27)28)19-12-10-18(11-13-19)8-6-7-9-21(23(29)30)26-24(31)32-25(3,4)5/h10-17,21H,6-9H2,1-5H3,(H,26,31)(H,29,30). The molecule has 1 heterocycles. The minimum atomic E-state index is -1.07. The van der Waals surface area contributed by atoms with Crippen LogP contribution in [0.15, 0.2) is 47.4 Å². The van der Waals surface area contributed by atoms with Gasteiger partial charge in [0.1, 0.15) is 11.6 Å². The topological polar surface area (TPSA) is 97.6 Å². The van der Waals surface area contributed by atoms with Crippen LogP contribution in [0, 0.1) is 0 Å². The Kier molecular flexibility index (Phi) is 8.63. The van der Waals surface area contributed by atoms with Gasteiger partial charge in [-0.05, 0) is 76.6 Å². The van der Waals surface area contributed by atoms with Gasteiger partial charge in [-0.25, -0.2) is 9.59 Å². The zero-order valence-corrected chi connectivity index (χ0v) is 19.6. The number of benzene rings is 1. The van der Waals surface area contributed by atoms with Crippen molar-refractivity contribution in [2.24, 2.45) is 0 Å². The fraction of sp³-hybridized carbons (Fsp3) is 0.480. The molecular formula is C25H34N2O5. The number of ether oxygens (including phenoxy) is 1. The maximum Gasteiger partial charge on any atom is 0.408 e. The lowest BCUT2D eigenvalue weighted by atomic mass is 10.0. The van der Waals surface area contributed by atoms with Crippen LogP contribution in [0.4, 0.5) is 4.79 Å². The number of rotatable bonds is 9. The van der Waals surface area contributed by atoms with Crippen LogP contribution in [0.5, 0.6) is 0 Å². The van der Waals surface area contributed by atoms with E-state index in [1.54, 1.807) is 31.4 Å². The van der Waals surface area contributed by atoms with Crippen molar-refractivity contribution in [3.63, 3.8) is 0 Å². The molecule has 0 spiro atoms. The van der Waals surface area contributed by atoms with Gasteiger partial charge < -0.3 is 19.7 Å². The van der Waals surface area contributed by atoms with E-state index in [0.29, 0.717) is 12.8 Å². The summed E-state index contributed by atoms with van der Waals surface area (Å²) in [5, 5.41) is 11.8. The Morgan fingerprint density at radius 3 is 2.22 bits per heavy atom. The molecule has 1 atom stereocenters. The molecule has 7 heteroatoms. The summed E-state index contributed by atoms with van der Waals surface area (Å²) in [6, 6.07) is 10.7. The highest BCUT2D eigenvalue weighted by Gasteiger charge is 2.23. The van der Waals surface area contributed by atoms with Crippen molar-refractivity contribution >= 4 is 12.1 Å². The summed E-state index contributed by atoms with van der Waals surface area (Å²) < 4.78 is 6.85. The first-order chi connectivity index (χ1) is 15.0. The number of nitrogens with zero attached hydrogens (tertiary/aromatic N) is 1. The van der Waals surface area contributed by atoms with Crippen LogP contribution in [0.2, 0.25) is 0 Å². The van der Waals surface area contributed by atoms with Crippen LogP contribution in [0.1, 0.15) is 65.5 Å². The molecule has 0 fully saturated rings. The fourth-order valence-electron chi connectivity index (χ4n) is 3.33. The number of carboxylic acids is 1. The second-order valence-corrected chi connectivity index (χ2v) is 9.24. The molecule has 2 N–H and O–H groups in total. The first-order valence-corrected chi connectivity index (χ1v) is 11.0. The van der Waals surface area contributed by atoms with E-state index in [-0.39, 0.29) is 11.6 Å². The number of amides is 1. The predicted octanol–water partition coefficient (Wildman–Crippen LogP) is 4.79. The summed E-state index contributed by atoms with van der Waals surface area (Å²) in [4.78, 5) is 35.2. The van der Waals surface area contributed by atoms with Crippen molar-refractivity contribution in [3.8, 4) is 11.1 Å². The van der Waals surface area contributed by atoms with Crippen molar-refractivity contribution in [3.05, 3.63) is 58.5 Å². The van der Waals surface area contributed by atoms with Gasteiger partial charge in [0.15, 0.2) is 0 Å². The van der Waals surface area contributed by atoms with Crippen LogP contribution in [-0.4, -0.2) is 33.4 Å². The van der Waals surface area contributed by atoms with E-state index in [1.807, 2.05) is 50.4 Å². The van der Waals surface area contributed by atoms with Crippen LogP contribution in [0.3, 0.4) is 0 Å². The average molecular weight is 443 g/mol. The van der Waals surface area contributed by atoms with Crippen molar-refractivity contribution in [2.75, 3.05) is 0 Å². The number of aryl methyl sites for hydroxylation is 1. The van der Waals surface area contributed by atoms with E-state index >= 15 is 0 Å². The highest BCUT2D eigenvalue weighted by molar-refractivity contribution is 5.79. The predicted molar refractivity (Wildman–Crippen MR) is 125 cm³/mol. The molecule has 7 nitrogen and oxygen atoms in total. The highest BCUT2D eigenvalue weighted by Crippen LogP contribution is 2.20. The molecule has 0 radical (unpaired) electrons. The second-order valence-electron chi connectivity index (χ2n) is 9.24. The largest absolute Gasteiger partial charge is 0.480 e. The van der Waals surface area contributed by atoms with Gasteiger partial charge in [-0.3, -0.25) is 4.79 Å². The highest BCUT2D eigenvalue weighted by atomic mass is 16.6. The molecule has 0 saturated carbocycles. The molecule has 1 unspecified atom stereocenters. The lowest BCUT2D eigenvalue weighted by Crippen LogP contribution is -2.43. The molecule has 1 aromatic heterocycles. The van der Waals surface area contributed by atoms with Gasteiger partial charge >= 0.3 is 12.1 Å². The SMILES string of the molecule is CC(C)n1cc(-c2ccc(CCCCC(NC(=O)OC(C)(C)C)C(=O)O)cc2)ccc1=O. The molecule has 0 aliphatic carbocycles. The number of carbonyl (C=O) groups excluding carboxylic acids is 1. The van der Waals surface area contributed by atoms with Crippen molar-refractivity contribution < 1.29 is 19.4 Å². The zero-order chi connectivity index (χ0) is 23.9. The molecule has 0 bridgehead atoms. The Labute approximate surface area is 189 Å². The van der Waals surface area contributed by atoms with E-state index in [2.05, 4.69) is 5.32 Å². The Balaban J connectivity index is 1.88. The fourth-order valence-corrected chi connectivity index (χ4v) is 3.33. The number of carboxylic acid groups (broad SMARTS) is 1. The number of hydrogen-bond donors (Lipinski definition) is 2. The maximum atomic E-state index is 12.0. The number of aliphatic carboxylic acids is 1. The van der Waals surface area contributed by atoms with Crippen LogP contribution in [-0.2, 0) is 16.0 Å². The Morgan fingerprint density at radius 1 is 1.03 bits per heavy atom. The second kappa shape index (κ2) is 11.0. The molecule has 32 heavy (non-hydrogen) atoms. The quantitative estimate of drug-likeness (QED) is 0.544. The van der Waals surface area contributed by atoms with Gasteiger partial charge in [-0.15, -0.1) is 0 Å². The van der Waals surface area contributed by atoms with Gasteiger partial charge in [-0.1, -0.05) is 30.7 Å². The van der Waals surface area contributed by atoms with Crippen molar-refractivity contribution in [1.29, 1.82) is 0 Å². The van der Waals surface area contributed by atoms with E-state index < -0.39 is 23.7 Å². The van der Waals surface area contributed by atoms with Gasteiger partial charge in [0.05, 0.1) is 0 Å². The summed E-state index contributed by atoms with van der Waals surface area (Å²) in [5.41, 5.74) is 2.49. The first-order valence-electron chi connectivity index (χ1n) is 11.0. The number of nitrogens with one attached hydrogen (secondary N) is 1. The van der Waals surface area contributed by atoms with Crippen molar-refractivity contribution in [1.82, 2.24) is 9.88 Å². The van der Waals surface area contributed by atoms with Gasteiger partial charge in [0.25, 0.3) is 5.56 Å². The smallest absolute Gasteiger partial charge is 0.408 e. The molecule has 1 aromatic carbocycles. The van der Waals surface area contributed by atoms with E-state index in [4.69, 9.17) is 4.74 Å². The Bertz CT molecular complexity index is 971. The van der Waals surface area contributed by atoms with Crippen LogP contribution >= 0.6 is 0 Å². The molecule has 1 amide bonds. The van der Waals surface area contributed by atoms with Gasteiger partial charge in [-0.2, -0.15) is 0 Å². The number of pyridine rings is 1. The molecule has 0 aliphatic rings. The lowest BCUT2D eigenvalue weighted by molar-refractivity contribution is -0.139. The zero-order valence-electron chi connectivity index (χ0n) is 19.6. The molecule has 2 aromatic rings. The van der Waals surface area contributed by atoms with E-state index in [1.165, 1.54) is 0 Å². The third-order valence-electron chi connectivity index (χ3n) is 4.98. The number of aromatic nitrogens is 1. The molecule has 174 valence electrons. The summed E-state index contributed by atoms with van der Waals surface area (Å²) >= 11 is 0. The molecule has 0 saturated heterocycles. The Morgan fingerprint density at radius 2 is 1.66 bits per heavy atom. The van der Waals surface area contributed by atoms with E-state index in [9.17, 15) is 19.5 Å². The lowest BCUT2D eigenvalue weighted by Gasteiger charge is -2.22. The number of alkyl carbamates (subject to hydrolysis) is 1. The average Bonchev–Trinajstić information content (AvgIpc) is 2.69. The van der Waals surface area contributed by atoms with Gasteiger partial charge in [0, 0.05) is 18.3 Å². The maximum absolute atomic E-state index is 12.0. The monoisotopic (exact) mass is 442 g/mol. The van der Waals surface area contributed by atoms with Crippen molar-refractivity contribution in [2.45, 2.75) is 78.0 Å². The van der Waals surface area contributed by atoms with Crippen LogP contribution < -0.4 is 10.9 Å².